The summed E-state index contributed by atoms with van der Waals surface area (Å²) in [5.74, 6) is -0.488. The Morgan fingerprint density at radius 1 is 1.23 bits per heavy atom. The molecule has 2 heterocycles. The summed E-state index contributed by atoms with van der Waals surface area (Å²) in [6.07, 6.45) is -3.67. The lowest BCUT2D eigenvalue weighted by molar-refractivity contribution is -0.141. The molecule has 0 saturated carbocycles. The van der Waals surface area contributed by atoms with Crippen LogP contribution in [-0.4, -0.2) is 25.7 Å². The normalized spacial score (nSPS) is 11.5. The highest BCUT2D eigenvalue weighted by Crippen LogP contribution is 2.27. The molecular formula is C19H16ClF4N5O. The van der Waals surface area contributed by atoms with Crippen molar-refractivity contribution in [2.45, 2.75) is 32.6 Å². The fraction of sp³-hybridized carbons (Fsp3) is 0.263. The quantitative estimate of drug-likeness (QED) is 0.586. The standard InChI is InChI=1S/C19H16ClF4N5O/c1-2-29-16(27-18(28-29)12-3-4-13(20)14(21)8-12)9-17(30)26-10-11-5-6-25-15(7-11)19(22,23)24/h3-8H,2,9-10H2,1H3,(H,26,30). The van der Waals surface area contributed by atoms with Gasteiger partial charge in [-0.2, -0.15) is 18.3 Å². The summed E-state index contributed by atoms with van der Waals surface area (Å²) in [7, 11) is 0. The van der Waals surface area contributed by atoms with Gasteiger partial charge < -0.3 is 5.32 Å². The van der Waals surface area contributed by atoms with Crippen LogP contribution in [0.5, 0.6) is 0 Å². The minimum absolute atomic E-state index is 0.0296. The third kappa shape index (κ3) is 5.12. The third-order valence-electron chi connectivity index (χ3n) is 4.15. The van der Waals surface area contributed by atoms with E-state index >= 15 is 0 Å². The second-order valence-electron chi connectivity index (χ2n) is 6.30. The minimum atomic E-state index is -4.56. The van der Waals surface area contributed by atoms with E-state index in [1.165, 1.54) is 22.9 Å². The van der Waals surface area contributed by atoms with E-state index in [1.807, 2.05) is 0 Å². The molecule has 6 nitrogen and oxygen atoms in total. The molecule has 30 heavy (non-hydrogen) atoms. The van der Waals surface area contributed by atoms with E-state index < -0.39 is 23.6 Å². The van der Waals surface area contributed by atoms with Crippen molar-refractivity contribution in [1.29, 1.82) is 0 Å². The zero-order valence-electron chi connectivity index (χ0n) is 15.7. The van der Waals surface area contributed by atoms with Gasteiger partial charge in [0.1, 0.15) is 17.3 Å². The molecule has 0 spiro atoms. The molecular weight excluding hydrogens is 426 g/mol. The van der Waals surface area contributed by atoms with Crippen molar-refractivity contribution >= 4 is 17.5 Å². The highest BCUT2D eigenvalue weighted by Gasteiger charge is 2.32. The molecule has 0 aliphatic rings. The molecule has 0 aliphatic carbocycles. The highest BCUT2D eigenvalue weighted by atomic mass is 35.5. The predicted molar refractivity (Wildman–Crippen MR) is 101 cm³/mol. The Kier molecular flexibility index (Phi) is 6.35. The van der Waals surface area contributed by atoms with Crippen LogP contribution >= 0.6 is 11.6 Å². The molecule has 3 aromatic rings. The maximum absolute atomic E-state index is 13.7. The smallest absolute Gasteiger partial charge is 0.352 e. The van der Waals surface area contributed by atoms with Crippen molar-refractivity contribution in [3.05, 3.63) is 64.5 Å². The van der Waals surface area contributed by atoms with Crippen LogP contribution in [0.4, 0.5) is 17.6 Å². The minimum Gasteiger partial charge on any atom is -0.352 e. The van der Waals surface area contributed by atoms with Crippen LogP contribution in [0.3, 0.4) is 0 Å². The second kappa shape index (κ2) is 8.78. The van der Waals surface area contributed by atoms with Crippen LogP contribution in [0.1, 0.15) is 24.0 Å². The Bertz CT molecular complexity index is 1070. The number of hydrogen-bond acceptors (Lipinski definition) is 4. The third-order valence-corrected chi connectivity index (χ3v) is 4.46. The zero-order chi connectivity index (χ0) is 21.9. The lowest BCUT2D eigenvalue weighted by atomic mass is 10.2. The van der Waals surface area contributed by atoms with Gasteiger partial charge in [0, 0.05) is 24.8 Å². The molecule has 1 aromatic carbocycles. The second-order valence-corrected chi connectivity index (χ2v) is 6.70. The average Bonchev–Trinajstić information content (AvgIpc) is 3.11. The first-order valence-electron chi connectivity index (χ1n) is 8.85. The van der Waals surface area contributed by atoms with Crippen LogP contribution < -0.4 is 5.32 Å². The summed E-state index contributed by atoms with van der Waals surface area (Å²) >= 11 is 5.68. The first-order valence-corrected chi connectivity index (χ1v) is 9.23. The Balaban J connectivity index is 1.69. The number of benzene rings is 1. The molecule has 158 valence electrons. The number of hydrogen-bond donors (Lipinski definition) is 1. The van der Waals surface area contributed by atoms with Crippen LogP contribution in [-0.2, 0) is 30.5 Å². The molecule has 3 rings (SSSR count). The van der Waals surface area contributed by atoms with E-state index in [1.54, 1.807) is 13.0 Å². The lowest BCUT2D eigenvalue weighted by Gasteiger charge is -2.09. The van der Waals surface area contributed by atoms with Gasteiger partial charge in [0.05, 0.1) is 11.4 Å². The maximum Gasteiger partial charge on any atom is 0.433 e. The van der Waals surface area contributed by atoms with Crippen LogP contribution in [0, 0.1) is 5.82 Å². The Labute approximate surface area is 173 Å². The largest absolute Gasteiger partial charge is 0.433 e. The molecule has 0 fully saturated rings. The number of aromatic nitrogens is 4. The van der Waals surface area contributed by atoms with E-state index in [-0.39, 0.29) is 29.4 Å². The number of alkyl halides is 3. The van der Waals surface area contributed by atoms with Crippen molar-refractivity contribution in [1.82, 2.24) is 25.1 Å². The van der Waals surface area contributed by atoms with Crippen LogP contribution in [0.15, 0.2) is 36.5 Å². The van der Waals surface area contributed by atoms with Gasteiger partial charge >= 0.3 is 6.18 Å². The zero-order valence-corrected chi connectivity index (χ0v) is 16.4. The Morgan fingerprint density at radius 3 is 2.67 bits per heavy atom. The van der Waals surface area contributed by atoms with Crippen LogP contribution in [0.2, 0.25) is 5.02 Å². The first kappa shape index (κ1) is 21.7. The molecule has 1 N–H and O–H groups in total. The molecule has 0 atom stereocenters. The van der Waals surface area contributed by atoms with Crippen molar-refractivity contribution in [3.8, 4) is 11.4 Å². The average molecular weight is 442 g/mol. The number of aryl methyl sites for hydroxylation is 1. The Morgan fingerprint density at radius 2 is 2.00 bits per heavy atom. The van der Waals surface area contributed by atoms with Gasteiger partial charge in [0.25, 0.3) is 0 Å². The number of rotatable bonds is 6. The number of carbonyl (C=O) groups is 1. The molecule has 0 bridgehead atoms. The number of carbonyl (C=O) groups excluding carboxylic acids is 1. The molecule has 0 aliphatic heterocycles. The lowest BCUT2D eigenvalue weighted by Crippen LogP contribution is -2.26. The summed E-state index contributed by atoms with van der Waals surface area (Å²) in [6, 6.07) is 6.41. The number of halogens is 5. The fourth-order valence-corrected chi connectivity index (χ4v) is 2.78. The SMILES string of the molecule is CCn1nc(-c2ccc(Cl)c(F)c2)nc1CC(=O)NCc1ccnc(C(F)(F)F)c1. The monoisotopic (exact) mass is 441 g/mol. The summed E-state index contributed by atoms with van der Waals surface area (Å²) in [5, 5.41) is 6.78. The van der Waals surface area contributed by atoms with E-state index in [4.69, 9.17) is 11.6 Å². The van der Waals surface area contributed by atoms with E-state index in [0.29, 0.717) is 17.9 Å². The van der Waals surface area contributed by atoms with Crippen molar-refractivity contribution < 1.29 is 22.4 Å². The molecule has 0 saturated heterocycles. The molecule has 2 aromatic heterocycles. The molecule has 1 amide bonds. The molecule has 0 unspecified atom stereocenters. The summed E-state index contributed by atoms with van der Waals surface area (Å²) in [5.41, 5.74) is -0.359. The Hall–Kier alpha value is -3.01. The van der Waals surface area contributed by atoms with Gasteiger partial charge in [-0.3, -0.25) is 9.78 Å². The van der Waals surface area contributed by atoms with Crippen molar-refractivity contribution in [2.75, 3.05) is 0 Å². The topological polar surface area (TPSA) is 72.7 Å². The number of amides is 1. The van der Waals surface area contributed by atoms with E-state index in [0.717, 1.165) is 12.3 Å². The first-order chi connectivity index (χ1) is 14.2. The van der Waals surface area contributed by atoms with E-state index in [9.17, 15) is 22.4 Å². The van der Waals surface area contributed by atoms with Gasteiger partial charge in [-0.1, -0.05) is 11.6 Å². The van der Waals surface area contributed by atoms with Gasteiger partial charge in [-0.25, -0.2) is 14.1 Å². The maximum atomic E-state index is 13.7. The number of nitrogens with zero attached hydrogens (tertiary/aromatic N) is 4. The molecule has 11 heteroatoms. The number of pyridine rings is 1. The van der Waals surface area contributed by atoms with Crippen LogP contribution in [0.25, 0.3) is 11.4 Å². The number of nitrogens with one attached hydrogen (secondary N) is 1. The summed E-state index contributed by atoms with van der Waals surface area (Å²) < 4.78 is 53.4. The fourth-order valence-electron chi connectivity index (χ4n) is 2.66. The van der Waals surface area contributed by atoms with Gasteiger partial charge in [-0.15, -0.1) is 0 Å². The summed E-state index contributed by atoms with van der Waals surface area (Å²) in [4.78, 5) is 19.8. The van der Waals surface area contributed by atoms with Crippen molar-refractivity contribution in [2.24, 2.45) is 0 Å². The van der Waals surface area contributed by atoms with Crippen molar-refractivity contribution in [3.63, 3.8) is 0 Å². The highest BCUT2D eigenvalue weighted by molar-refractivity contribution is 6.30. The van der Waals surface area contributed by atoms with Gasteiger partial charge in [-0.05, 0) is 42.8 Å². The van der Waals surface area contributed by atoms with Gasteiger partial charge in [0.2, 0.25) is 5.91 Å². The molecule has 0 radical (unpaired) electrons. The predicted octanol–water partition coefficient (Wildman–Crippen LogP) is 4.03. The summed E-state index contributed by atoms with van der Waals surface area (Å²) in [6.45, 7) is 2.13. The van der Waals surface area contributed by atoms with Gasteiger partial charge in [0.15, 0.2) is 5.82 Å². The van der Waals surface area contributed by atoms with E-state index in [2.05, 4.69) is 20.4 Å².